The van der Waals surface area contributed by atoms with Crippen LogP contribution in [0.3, 0.4) is 0 Å². The van der Waals surface area contributed by atoms with Crippen LogP contribution in [0.15, 0.2) is 74.6 Å². The van der Waals surface area contributed by atoms with Crippen LogP contribution in [0.4, 0.5) is 0 Å². The normalized spacial score (nSPS) is 16.9. The van der Waals surface area contributed by atoms with E-state index in [1.54, 1.807) is 6.08 Å². The highest BCUT2D eigenvalue weighted by Crippen LogP contribution is 2.35. The minimum absolute atomic E-state index is 0.313. The van der Waals surface area contributed by atoms with E-state index in [1.807, 2.05) is 63.7 Å². The lowest BCUT2D eigenvalue weighted by Crippen LogP contribution is -2.39. The molecule has 2 aliphatic rings. The molecule has 1 unspecified atom stereocenters. The molecule has 0 aromatic carbocycles. The van der Waals surface area contributed by atoms with Crippen molar-refractivity contribution in [1.82, 2.24) is 15.2 Å². The molecule has 1 amide bonds. The topological polar surface area (TPSA) is 94.7 Å². The second-order valence-corrected chi connectivity index (χ2v) is 11.3. The third kappa shape index (κ3) is 10.5. The van der Waals surface area contributed by atoms with Crippen molar-refractivity contribution >= 4 is 41.5 Å². The van der Waals surface area contributed by atoms with Crippen LogP contribution in [0.1, 0.15) is 115 Å². The van der Waals surface area contributed by atoms with Crippen LogP contribution >= 0.6 is 0 Å². The smallest absolute Gasteiger partial charge is 0.274 e. The van der Waals surface area contributed by atoms with E-state index < -0.39 is 0 Å². The number of aliphatic imine (C=N–C) groups is 2. The summed E-state index contributed by atoms with van der Waals surface area (Å²) < 4.78 is 0. The van der Waals surface area contributed by atoms with Gasteiger partial charge in [0.1, 0.15) is 11.4 Å². The lowest BCUT2D eigenvalue weighted by Gasteiger charge is -2.28. The van der Waals surface area contributed by atoms with Crippen molar-refractivity contribution < 1.29 is 4.79 Å². The van der Waals surface area contributed by atoms with Gasteiger partial charge in [-0.1, -0.05) is 71.9 Å². The number of allylic oxidation sites excluding steroid dienone is 7. The second kappa shape index (κ2) is 20.2. The number of nitrogens with one attached hydrogen (secondary N) is 1. The number of aromatic nitrogens is 1. The van der Waals surface area contributed by atoms with Gasteiger partial charge in [-0.2, -0.15) is 10.2 Å². The zero-order valence-corrected chi connectivity index (χ0v) is 29.6. The summed E-state index contributed by atoms with van der Waals surface area (Å²) in [6, 6.07) is 2.27. The zero-order chi connectivity index (χ0) is 34.1. The molecule has 8 nitrogen and oxygen atoms in total. The first-order valence-electron chi connectivity index (χ1n) is 16.8. The number of hydrogen-bond donors (Lipinski definition) is 1. The molecule has 0 saturated heterocycles. The third-order valence-electron chi connectivity index (χ3n) is 8.36. The summed E-state index contributed by atoms with van der Waals surface area (Å²) in [5, 5.41) is 11.5. The van der Waals surface area contributed by atoms with Gasteiger partial charge in [-0.3, -0.25) is 14.7 Å². The summed E-state index contributed by atoms with van der Waals surface area (Å²) in [5.74, 6) is 0.0348. The highest BCUT2D eigenvalue weighted by Gasteiger charge is 2.23. The minimum Gasteiger partial charge on any atom is -0.311 e. The molecule has 1 aromatic rings. The highest BCUT2D eigenvalue weighted by molar-refractivity contribution is 6.05. The fourth-order valence-corrected chi connectivity index (χ4v) is 5.21. The Labute approximate surface area is 277 Å². The van der Waals surface area contributed by atoms with Gasteiger partial charge in [0.05, 0.1) is 17.7 Å². The molecule has 1 atom stereocenters. The molecule has 0 bridgehead atoms. The van der Waals surface area contributed by atoms with E-state index >= 15 is 0 Å². The van der Waals surface area contributed by atoms with Gasteiger partial charge in [0.15, 0.2) is 0 Å². The number of nitrogens with zero attached hydrogens (tertiary/aromatic N) is 6. The monoisotopic (exact) mass is 625 g/mol. The summed E-state index contributed by atoms with van der Waals surface area (Å²) in [6.45, 7) is 24.2. The highest BCUT2D eigenvalue weighted by atomic mass is 16.1. The zero-order valence-electron chi connectivity index (χ0n) is 29.6. The Morgan fingerprint density at radius 2 is 1.89 bits per heavy atom. The van der Waals surface area contributed by atoms with Crippen molar-refractivity contribution in [3.8, 4) is 0 Å². The van der Waals surface area contributed by atoms with Crippen molar-refractivity contribution in [3.63, 3.8) is 0 Å². The lowest BCUT2D eigenvalue weighted by atomic mass is 9.85. The van der Waals surface area contributed by atoms with Crippen LogP contribution < -0.4 is 5.32 Å². The van der Waals surface area contributed by atoms with E-state index in [2.05, 4.69) is 78.5 Å². The number of rotatable bonds is 13. The van der Waals surface area contributed by atoms with Crippen LogP contribution in [0.25, 0.3) is 11.1 Å². The molecule has 248 valence electrons. The Balaban J connectivity index is 0.00000361. The molecule has 1 aliphatic heterocycles. The van der Waals surface area contributed by atoms with Crippen molar-refractivity contribution in [2.45, 2.75) is 100 Å². The number of carbonyl (C=O) groups is 1. The predicted molar refractivity (Wildman–Crippen MR) is 199 cm³/mol. The van der Waals surface area contributed by atoms with E-state index in [-0.39, 0.29) is 5.91 Å². The van der Waals surface area contributed by atoms with Gasteiger partial charge in [0, 0.05) is 37.8 Å². The molecule has 0 spiro atoms. The Morgan fingerprint density at radius 1 is 1.15 bits per heavy atom. The van der Waals surface area contributed by atoms with E-state index in [9.17, 15) is 4.79 Å². The van der Waals surface area contributed by atoms with Crippen molar-refractivity contribution in [2.24, 2.45) is 26.1 Å². The third-order valence-corrected chi connectivity index (χ3v) is 8.36. The number of amides is 1. The second-order valence-electron chi connectivity index (χ2n) is 11.3. The maximum atomic E-state index is 13.5. The Morgan fingerprint density at radius 3 is 2.54 bits per heavy atom. The first-order chi connectivity index (χ1) is 22.3. The SMILES string of the molecule is C=C/C(=C\N=CC(C)CC)c1cc(C(=O)NC=N/C(=C\C=C/C)C2=NN=CCN(C(CC)CC)C2)nc2c1CCC(C)=C2C.CC. The summed E-state index contributed by atoms with van der Waals surface area (Å²) in [5.41, 5.74) is 7.86. The number of pyridine rings is 1. The van der Waals surface area contributed by atoms with Gasteiger partial charge in [0.25, 0.3) is 5.91 Å². The summed E-state index contributed by atoms with van der Waals surface area (Å²) in [7, 11) is 0. The van der Waals surface area contributed by atoms with Gasteiger partial charge < -0.3 is 5.32 Å². The quantitative estimate of drug-likeness (QED) is 0.135. The summed E-state index contributed by atoms with van der Waals surface area (Å²) >= 11 is 0. The molecule has 1 N–H and O–H groups in total. The van der Waals surface area contributed by atoms with E-state index in [1.165, 1.54) is 11.9 Å². The van der Waals surface area contributed by atoms with Gasteiger partial charge in [0.2, 0.25) is 0 Å². The van der Waals surface area contributed by atoms with Gasteiger partial charge in [-0.25, -0.2) is 9.98 Å². The lowest BCUT2D eigenvalue weighted by molar-refractivity contribution is 0.0973. The minimum atomic E-state index is -0.342. The largest absolute Gasteiger partial charge is 0.311 e. The summed E-state index contributed by atoms with van der Waals surface area (Å²) in [4.78, 5) is 29.9. The van der Waals surface area contributed by atoms with Crippen LogP contribution in [0.5, 0.6) is 0 Å². The van der Waals surface area contributed by atoms with Crippen LogP contribution in [-0.4, -0.2) is 59.4 Å². The van der Waals surface area contributed by atoms with Crippen molar-refractivity contribution in [3.05, 3.63) is 76.9 Å². The molecular formula is C38H55N7O. The molecule has 46 heavy (non-hydrogen) atoms. The number of hydrogen-bond acceptors (Lipinski definition) is 7. The molecule has 2 heterocycles. The van der Waals surface area contributed by atoms with Gasteiger partial charge in [-0.15, -0.1) is 0 Å². The number of carbonyl (C=O) groups excluding carboxylic acids is 1. The van der Waals surface area contributed by atoms with Crippen LogP contribution in [0.2, 0.25) is 0 Å². The Kier molecular flexibility index (Phi) is 16.7. The average Bonchev–Trinajstić information content (AvgIpc) is 3.33. The Hall–Kier alpha value is -4.04. The average molecular weight is 626 g/mol. The van der Waals surface area contributed by atoms with E-state index in [0.29, 0.717) is 29.9 Å². The predicted octanol–water partition coefficient (Wildman–Crippen LogP) is 8.64. The molecule has 0 saturated carbocycles. The standard InChI is InChI=1S/C36H49N7O.C2H6/c1-9-14-15-32(34-23-43(19-18-40-42-34)29(12-4)13-5)38-24-39-36(44)33-20-31(28(11-3)22-37-21-25(6)10-2)30-17-16-26(7)27(8)35(30)41-33;1-2/h9,11,14-15,18,20-22,24-25,29H,3,10,12-13,16-17,19,23H2,1-2,4-8H3,(H,38,39,44);1-2H3/b14-9-,28-22+,32-15-,37-21?;. The van der Waals surface area contributed by atoms with Crippen molar-refractivity contribution in [1.29, 1.82) is 0 Å². The maximum Gasteiger partial charge on any atom is 0.274 e. The Bertz CT molecular complexity index is 1430. The molecule has 3 rings (SSSR count). The first kappa shape index (κ1) is 38.1. The van der Waals surface area contributed by atoms with Gasteiger partial charge in [-0.05, 0) is 93.2 Å². The molecule has 0 radical (unpaired) electrons. The molecule has 8 heteroatoms. The fourth-order valence-electron chi connectivity index (χ4n) is 5.21. The molecular weight excluding hydrogens is 570 g/mol. The molecule has 0 fully saturated rings. The molecule has 1 aromatic heterocycles. The van der Waals surface area contributed by atoms with E-state index in [4.69, 9.17) is 4.98 Å². The van der Waals surface area contributed by atoms with Crippen LogP contribution in [0, 0.1) is 5.92 Å². The fraction of sp³-hybridized carbons (Fsp3) is 0.474. The van der Waals surface area contributed by atoms with E-state index in [0.717, 1.165) is 72.3 Å². The summed E-state index contributed by atoms with van der Waals surface area (Å²) in [6.07, 6.45) is 19.5. The van der Waals surface area contributed by atoms with Crippen LogP contribution in [-0.2, 0) is 6.42 Å². The number of fused-ring (bicyclic) bond motifs is 1. The van der Waals surface area contributed by atoms with Gasteiger partial charge >= 0.3 is 0 Å². The van der Waals surface area contributed by atoms with Crippen molar-refractivity contribution in [2.75, 3.05) is 13.1 Å². The maximum absolute atomic E-state index is 13.5. The molecule has 1 aliphatic carbocycles. The first-order valence-corrected chi connectivity index (χ1v) is 16.8.